The quantitative estimate of drug-likeness (QED) is 0.778. The van der Waals surface area contributed by atoms with Gasteiger partial charge in [-0.05, 0) is 72.7 Å². The molecule has 2 atom stereocenters. The van der Waals surface area contributed by atoms with E-state index in [2.05, 4.69) is 13.0 Å². The zero-order valence-corrected chi connectivity index (χ0v) is 15.1. The lowest BCUT2D eigenvalue weighted by Gasteiger charge is -2.33. The number of carboxylic acid groups (broad SMARTS) is 1. The third-order valence-electron chi connectivity index (χ3n) is 4.81. The van der Waals surface area contributed by atoms with E-state index in [0.29, 0.717) is 22.3 Å². The fourth-order valence-corrected chi connectivity index (χ4v) is 4.97. The molecule has 3 nitrogen and oxygen atoms in total. The van der Waals surface area contributed by atoms with Crippen molar-refractivity contribution < 1.29 is 9.90 Å². The molecule has 0 amide bonds. The highest BCUT2D eigenvalue weighted by molar-refractivity contribution is 7.99. The van der Waals surface area contributed by atoms with Crippen molar-refractivity contribution in [2.75, 3.05) is 0 Å². The van der Waals surface area contributed by atoms with Crippen molar-refractivity contribution in [2.24, 2.45) is 5.92 Å². The maximum atomic E-state index is 11.3. The lowest BCUT2D eigenvalue weighted by molar-refractivity contribution is 0.0696. The zero-order valence-electron chi connectivity index (χ0n) is 14.2. The van der Waals surface area contributed by atoms with Crippen molar-refractivity contribution in [3.8, 4) is 6.07 Å². The molecule has 2 unspecified atom stereocenters. The lowest BCUT2D eigenvalue weighted by Crippen LogP contribution is -2.19. The van der Waals surface area contributed by atoms with E-state index in [-0.39, 0.29) is 0 Å². The summed E-state index contributed by atoms with van der Waals surface area (Å²) in [6.07, 6.45) is 4.37. The third kappa shape index (κ3) is 3.88. The van der Waals surface area contributed by atoms with E-state index >= 15 is 0 Å². The van der Waals surface area contributed by atoms with Crippen LogP contribution in [0.5, 0.6) is 0 Å². The van der Waals surface area contributed by atoms with Crippen molar-refractivity contribution >= 4 is 17.7 Å². The number of nitriles is 1. The number of hydrogen-bond donors (Lipinski definition) is 1. The fraction of sp³-hybridized carbons (Fsp3) is 0.333. The van der Waals surface area contributed by atoms with E-state index in [1.165, 1.54) is 17.5 Å². The molecule has 2 aromatic rings. The number of hydrogen-bond acceptors (Lipinski definition) is 3. The first-order valence-corrected chi connectivity index (χ1v) is 9.53. The van der Waals surface area contributed by atoms with Crippen LogP contribution in [0.4, 0.5) is 0 Å². The maximum Gasteiger partial charge on any atom is 0.335 e. The van der Waals surface area contributed by atoms with Gasteiger partial charge in [0.2, 0.25) is 0 Å². The number of fused-ring (bicyclic) bond motifs is 1. The highest BCUT2D eigenvalue weighted by Gasteiger charge is 2.30. The first-order valence-electron chi connectivity index (χ1n) is 8.65. The smallest absolute Gasteiger partial charge is 0.335 e. The van der Waals surface area contributed by atoms with Crippen molar-refractivity contribution in [1.29, 1.82) is 5.26 Å². The van der Waals surface area contributed by atoms with Crippen LogP contribution >= 0.6 is 11.8 Å². The van der Waals surface area contributed by atoms with E-state index in [1.807, 2.05) is 48.2 Å². The number of aromatic carboxylic acids is 1. The van der Waals surface area contributed by atoms with Crippen molar-refractivity contribution in [2.45, 2.75) is 42.8 Å². The second-order valence-corrected chi connectivity index (χ2v) is 7.70. The summed E-state index contributed by atoms with van der Waals surface area (Å²) >= 11 is 1.83. The zero-order chi connectivity index (χ0) is 17.8. The Hall–Kier alpha value is -2.25. The highest BCUT2D eigenvalue weighted by atomic mass is 32.2. The van der Waals surface area contributed by atoms with E-state index in [1.54, 1.807) is 6.07 Å². The Kier molecular flexibility index (Phi) is 5.45. The van der Waals surface area contributed by atoms with Crippen LogP contribution in [0.1, 0.15) is 58.5 Å². The summed E-state index contributed by atoms with van der Waals surface area (Å²) < 4.78 is 0. The van der Waals surface area contributed by atoms with Gasteiger partial charge in [0.05, 0.1) is 17.2 Å². The minimum absolute atomic E-state index is 0.333. The first kappa shape index (κ1) is 17.6. The molecule has 0 aliphatic heterocycles. The molecule has 1 aliphatic carbocycles. The van der Waals surface area contributed by atoms with E-state index in [0.717, 1.165) is 24.2 Å². The van der Waals surface area contributed by atoms with E-state index < -0.39 is 5.97 Å². The summed E-state index contributed by atoms with van der Waals surface area (Å²) in [4.78, 5) is 12.4. The fourth-order valence-electron chi connectivity index (χ4n) is 3.56. The molecule has 2 aromatic carbocycles. The van der Waals surface area contributed by atoms with Crippen molar-refractivity contribution in [3.05, 3.63) is 64.7 Å². The average molecular weight is 351 g/mol. The molecule has 1 aliphatic rings. The predicted octanol–water partition coefficient (Wildman–Crippen LogP) is 5.45. The molecule has 0 fully saturated rings. The maximum absolute atomic E-state index is 11.3. The largest absolute Gasteiger partial charge is 0.478 e. The van der Waals surface area contributed by atoms with Crippen LogP contribution in [0.3, 0.4) is 0 Å². The number of aryl methyl sites for hydroxylation is 1. The molecule has 25 heavy (non-hydrogen) atoms. The molecule has 128 valence electrons. The normalized spacial score (nSPS) is 19.0. The Morgan fingerprint density at radius 1 is 1.28 bits per heavy atom. The number of carbonyl (C=O) groups is 1. The Labute approximate surface area is 152 Å². The van der Waals surface area contributed by atoms with Crippen LogP contribution in [-0.4, -0.2) is 11.1 Å². The van der Waals surface area contributed by atoms with Gasteiger partial charge in [-0.3, -0.25) is 0 Å². The number of benzene rings is 2. The molecule has 0 saturated carbocycles. The van der Waals surface area contributed by atoms with Gasteiger partial charge in [0, 0.05) is 10.1 Å². The van der Waals surface area contributed by atoms with Crippen LogP contribution in [0.15, 0.2) is 47.4 Å². The second kappa shape index (κ2) is 7.76. The van der Waals surface area contributed by atoms with Gasteiger partial charge in [-0.2, -0.15) is 5.26 Å². The van der Waals surface area contributed by atoms with Crippen LogP contribution in [-0.2, 0) is 6.42 Å². The molecular weight excluding hydrogens is 330 g/mol. The Morgan fingerprint density at radius 2 is 2.04 bits per heavy atom. The monoisotopic (exact) mass is 351 g/mol. The molecule has 1 N–H and O–H groups in total. The molecule has 4 heteroatoms. The van der Waals surface area contributed by atoms with Gasteiger partial charge in [0.15, 0.2) is 0 Å². The summed E-state index contributed by atoms with van der Waals surface area (Å²) in [5.74, 6) is -0.274. The standard InChI is InChI=1S/C21H21NO2S/c1-2-3-15-6-7-16-12-17(21(23)24)8-11-19(16)20(15)25-18-9-4-14(13-22)5-10-18/h4-5,8-12,15,20H,2-3,6-7H2,1H3,(H,23,24). The SMILES string of the molecule is CCCC1CCc2cc(C(=O)O)ccc2C1Sc1ccc(C#N)cc1. The van der Waals surface area contributed by atoms with Gasteiger partial charge in [0.25, 0.3) is 0 Å². The Bertz CT molecular complexity index is 808. The van der Waals surface area contributed by atoms with Gasteiger partial charge in [-0.15, -0.1) is 11.8 Å². The highest BCUT2D eigenvalue weighted by Crippen LogP contribution is 2.48. The molecule has 0 aromatic heterocycles. The van der Waals surface area contributed by atoms with Crippen LogP contribution in [0.25, 0.3) is 0 Å². The summed E-state index contributed by atoms with van der Waals surface area (Å²) in [5, 5.41) is 18.5. The van der Waals surface area contributed by atoms with Crippen molar-refractivity contribution in [3.63, 3.8) is 0 Å². The molecule has 3 rings (SSSR count). The molecule has 0 spiro atoms. The van der Waals surface area contributed by atoms with Crippen LogP contribution < -0.4 is 0 Å². The van der Waals surface area contributed by atoms with Gasteiger partial charge in [-0.1, -0.05) is 19.4 Å². The summed E-state index contributed by atoms with van der Waals surface area (Å²) in [6, 6.07) is 15.4. The van der Waals surface area contributed by atoms with Gasteiger partial charge in [-0.25, -0.2) is 4.79 Å². The summed E-state index contributed by atoms with van der Waals surface area (Å²) in [5.41, 5.74) is 3.47. The summed E-state index contributed by atoms with van der Waals surface area (Å²) in [7, 11) is 0. The second-order valence-electron chi connectivity index (χ2n) is 6.48. The van der Waals surface area contributed by atoms with Crippen LogP contribution in [0, 0.1) is 17.2 Å². The minimum Gasteiger partial charge on any atom is -0.478 e. The lowest BCUT2D eigenvalue weighted by atomic mass is 9.80. The Morgan fingerprint density at radius 3 is 2.68 bits per heavy atom. The summed E-state index contributed by atoms with van der Waals surface area (Å²) in [6.45, 7) is 2.21. The average Bonchev–Trinajstić information content (AvgIpc) is 2.63. The number of carboxylic acids is 1. The first-order chi connectivity index (χ1) is 12.1. The van der Waals surface area contributed by atoms with E-state index in [4.69, 9.17) is 5.26 Å². The molecule has 0 heterocycles. The van der Waals surface area contributed by atoms with Crippen molar-refractivity contribution in [1.82, 2.24) is 0 Å². The van der Waals surface area contributed by atoms with E-state index in [9.17, 15) is 9.90 Å². The number of rotatable bonds is 5. The predicted molar refractivity (Wildman–Crippen MR) is 99.9 cm³/mol. The number of nitrogens with zero attached hydrogens (tertiary/aromatic N) is 1. The molecule has 0 radical (unpaired) electrons. The molecule has 0 bridgehead atoms. The third-order valence-corrected chi connectivity index (χ3v) is 6.25. The van der Waals surface area contributed by atoms with Gasteiger partial charge >= 0.3 is 5.97 Å². The topological polar surface area (TPSA) is 61.1 Å². The Balaban J connectivity index is 1.92. The van der Waals surface area contributed by atoms with Crippen LogP contribution in [0.2, 0.25) is 0 Å². The molecular formula is C21H21NO2S. The number of thioether (sulfide) groups is 1. The van der Waals surface area contributed by atoms with Gasteiger partial charge in [0.1, 0.15) is 0 Å². The molecule has 0 saturated heterocycles. The minimum atomic E-state index is -0.866. The van der Waals surface area contributed by atoms with Gasteiger partial charge < -0.3 is 5.11 Å².